The van der Waals surface area contributed by atoms with Crippen molar-refractivity contribution in [2.45, 2.75) is 25.3 Å². The van der Waals surface area contributed by atoms with Gasteiger partial charge in [-0.25, -0.2) is 0 Å². The molecule has 0 aromatic heterocycles. The van der Waals surface area contributed by atoms with Gasteiger partial charge in [0.25, 0.3) is 5.91 Å². The fourth-order valence-electron chi connectivity index (χ4n) is 2.30. The lowest BCUT2D eigenvalue weighted by molar-refractivity contribution is 0.0678. The van der Waals surface area contributed by atoms with Crippen molar-refractivity contribution in [1.82, 2.24) is 4.90 Å². The number of hydrogen-bond donors (Lipinski definition) is 2. The van der Waals surface area contributed by atoms with Gasteiger partial charge in [-0.05, 0) is 37.5 Å². The molecular formula is C13H15BrN2O2S. The van der Waals surface area contributed by atoms with Gasteiger partial charge in [0, 0.05) is 11.0 Å². The topological polar surface area (TPSA) is 66.6 Å². The molecule has 1 atom stereocenters. The van der Waals surface area contributed by atoms with Crippen LogP contribution in [0.1, 0.15) is 29.6 Å². The van der Waals surface area contributed by atoms with Crippen LogP contribution in [0, 0.1) is 0 Å². The van der Waals surface area contributed by atoms with Gasteiger partial charge < -0.3 is 15.7 Å². The Morgan fingerprint density at radius 1 is 1.47 bits per heavy atom. The number of aromatic hydroxyl groups is 1. The maximum atomic E-state index is 12.5. The molecule has 3 N–H and O–H groups in total. The minimum Gasteiger partial charge on any atom is -0.507 e. The number of benzene rings is 1. The molecule has 1 heterocycles. The second-order valence-electron chi connectivity index (χ2n) is 4.57. The molecule has 1 amide bonds. The Morgan fingerprint density at radius 2 is 2.21 bits per heavy atom. The number of phenolic OH excluding ortho intramolecular Hbond substituents is 1. The van der Waals surface area contributed by atoms with Crippen LogP contribution < -0.4 is 5.73 Å². The fraction of sp³-hybridized carbons (Fsp3) is 0.385. The van der Waals surface area contributed by atoms with E-state index >= 15 is 0 Å². The molecule has 1 aliphatic rings. The quantitative estimate of drug-likeness (QED) is 0.810. The first kappa shape index (κ1) is 14.3. The Balaban J connectivity index is 2.31. The standard InChI is InChI=1S/C13H15BrN2O2S/c14-8-4-5-11(17)9(7-8)13(18)16-6-2-1-3-10(16)12(15)19/h4-5,7,10,17H,1-3,6H2,(H2,15,19). The van der Waals surface area contributed by atoms with Crippen molar-refractivity contribution < 1.29 is 9.90 Å². The summed E-state index contributed by atoms with van der Waals surface area (Å²) in [6, 6.07) is 4.59. The van der Waals surface area contributed by atoms with Gasteiger partial charge in [0.1, 0.15) is 5.75 Å². The van der Waals surface area contributed by atoms with Crippen molar-refractivity contribution in [3.05, 3.63) is 28.2 Å². The minimum atomic E-state index is -0.226. The third-order valence-electron chi connectivity index (χ3n) is 3.28. The average molecular weight is 343 g/mol. The molecule has 0 saturated carbocycles. The average Bonchev–Trinajstić information content (AvgIpc) is 2.40. The van der Waals surface area contributed by atoms with Gasteiger partial charge >= 0.3 is 0 Å². The Morgan fingerprint density at radius 3 is 2.89 bits per heavy atom. The lowest BCUT2D eigenvalue weighted by Gasteiger charge is -2.35. The van der Waals surface area contributed by atoms with Crippen LogP contribution in [0.4, 0.5) is 0 Å². The smallest absolute Gasteiger partial charge is 0.258 e. The molecule has 0 spiro atoms. The largest absolute Gasteiger partial charge is 0.507 e. The first-order valence-electron chi connectivity index (χ1n) is 6.09. The summed E-state index contributed by atoms with van der Waals surface area (Å²) in [7, 11) is 0. The number of halogens is 1. The Bertz CT molecular complexity index is 521. The van der Waals surface area contributed by atoms with Gasteiger partial charge in [-0.3, -0.25) is 4.79 Å². The van der Waals surface area contributed by atoms with Crippen LogP contribution >= 0.6 is 28.1 Å². The zero-order valence-electron chi connectivity index (χ0n) is 10.3. The molecule has 0 radical (unpaired) electrons. The maximum absolute atomic E-state index is 12.5. The van der Waals surface area contributed by atoms with Crippen molar-refractivity contribution in [1.29, 1.82) is 0 Å². The number of amides is 1. The number of likely N-dealkylation sites (tertiary alicyclic amines) is 1. The first-order chi connectivity index (χ1) is 9.00. The fourth-order valence-corrected chi connectivity index (χ4v) is 2.91. The molecule has 1 aromatic carbocycles. The summed E-state index contributed by atoms with van der Waals surface area (Å²) < 4.78 is 0.748. The number of carbonyl (C=O) groups is 1. The summed E-state index contributed by atoms with van der Waals surface area (Å²) >= 11 is 8.33. The van der Waals surface area contributed by atoms with E-state index in [1.54, 1.807) is 17.0 Å². The van der Waals surface area contributed by atoms with E-state index in [2.05, 4.69) is 15.9 Å². The highest BCUT2D eigenvalue weighted by Gasteiger charge is 2.30. The molecule has 1 aliphatic heterocycles. The highest BCUT2D eigenvalue weighted by Crippen LogP contribution is 2.26. The number of carbonyl (C=O) groups excluding carboxylic acids is 1. The van der Waals surface area contributed by atoms with Crippen LogP contribution in [0.15, 0.2) is 22.7 Å². The van der Waals surface area contributed by atoms with Crippen LogP contribution in [0.25, 0.3) is 0 Å². The van der Waals surface area contributed by atoms with Crippen molar-refractivity contribution in [2.24, 2.45) is 5.73 Å². The molecular weight excluding hydrogens is 328 g/mol. The van der Waals surface area contributed by atoms with Crippen LogP contribution in [0.5, 0.6) is 5.75 Å². The number of phenols is 1. The molecule has 0 bridgehead atoms. The number of thiocarbonyl (C=S) groups is 1. The summed E-state index contributed by atoms with van der Waals surface area (Å²) in [5.41, 5.74) is 5.98. The number of nitrogens with two attached hydrogens (primary N) is 1. The number of piperidine rings is 1. The van der Waals surface area contributed by atoms with Crippen molar-refractivity contribution in [3.8, 4) is 5.75 Å². The highest BCUT2D eigenvalue weighted by atomic mass is 79.9. The van der Waals surface area contributed by atoms with Crippen molar-refractivity contribution in [2.75, 3.05) is 6.54 Å². The van der Waals surface area contributed by atoms with Gasteiger partial charge in [-0.15, -0.1) is 0 Å². The first-order valence-corrected chi connectivity index (χ1v) is 7.29. The lowest BCUT2D eigenvalue weighted by Crippen LogP contribution is -2.49. The van der Waals surface area contributed by atoms with Crippen molar-refractivity contribution in [3.63, 3.8) is 0 Å². The van der Waals surface area contributed by atoms with Crippen LogP contribution in [0.2, 0.25) is 0 Å². The Labute approximate surface area is 125 Å². The third-order valence-corrected chi connectivity index (χ3v) is 4.05. The van der Waals surface area contributed by atoms with Crippen LogP contribution in [-0.4, -0.2) is 33.5 Å². The summed E-state index contributed by atoms with van der Waals surface area (Å²) in [6.07, 6.45) is 2.73. The van der Waals surface area contributed by atoms with E-state index in [0.29, 0.717) is 11.5 Å². The second-order valence-corrected chi connectivity index (χ2v) is 5.96. The molecule has 1 unspecified atom stereocenters. The van der Waals surface area contributed by atoms with Gasteiger partial charge in [0.2, 0.25) is 0 Å². The molecule has 1 saturated heterocycles. The van der Waals surface area contributed by atoms with E-state index < -0.39 is 0 Å². The second kappa shape index (κ2) is 5.88. The lowest BCUT2D eigenvalue weighted by atomic mass is 10.0. The van der Waals surface area contributed by atoms with Crippen LogP contribution in [-0.2, 0) is 0 Å². The van der Waals surface area contributed by atoms with E-state index in [-0.39, 0.29) is 23.3 Å². The number of nitrogens with zero attached hydrogens (tertiary/aromatic N) is 1. The monoisotopic (exact) mass is 342 g/mol. The van der Waals surface area contributed by atoms with Crippen molar-refractivity contribution >= 4 is 39.0 Å². The molecule has 1 fully saturated rings. The SMILES string of the molecule is NC(=S)C1CCCCN1C(=O)c1cc(Br)ccc1O. The minimum absolute atomic E-state index is 0.0273. The normalized spacial score (nSPS) is 19.2. The molecule has 19 heavy (non-hydrogen) atoms. The maximum Gasteiger partial charge on any atom is 0.258 e. The van der Waals surface area contributed by atoms with E-state index in [1.807, 2.05) is 0 Å². The summed E-state index contributed by atoms with van der Waals surface area (Å²) in [5, 5.41) is 9.83. The van der Waals surface area contributed by atoms with E-state index in [4.69, 9.17) is 18.0 Å². The molecule has 4 nitrogen and oxygen atoms in total. The molecule has 2 rings (SSSR count). The Kier molecular flexibility index (Phi) is 4.42. The predicted molar refractivity (Wildman–Crippen MR) is 81.3 cm³/mol. The molecule has 0 aliphatic carbocycles. The number of hydrogen-bond acceptors (Lipinski definition) is 3. The van der Waals surface area contributed by atoms with Gasteiger partial charge in [-0.1, -0.05) is 28.1 Å². The third kappa shape index (κ3) is 3.06. The summed E-state index contributed by atoms with van der Waals surface area (Å²) in [6.45, 7) is 0.618. The summed E-state index contributed by atoms with van der Waals surface area (Å²) in [5.74, 6) is -0.253. The predicted octanol–water partition coefficient (Wildman–Crippen LogP) is 2.44. The Hall–Kier alpha value is -1.14. The van der Waals surface area contributed by atoms with Gasteiger partial charge in [-0.2, -0.15) is 0 Å². The highest BCUT2D eigenvalue weighted by molar-refractivity contribution is 9.10. The molecule has 1 aromatic rings. The zero-order valence-corrected chi connectivity index (χ0v) is 12.7. The van der Waals surface area contributed by atoms with E-state index in [1.165, 1.54) is 6.07 Å². The van der Waals surface area contributed by atoms with Crippen LogP contribution in [0.3, 0.4) is 0 Å². The number of rotatable bonds is 2. The summed E-state index contributed by atoms with van der Waals surface area (Å²) in [4.78, 5) is 14.5. The van der Waals surface area contributed by atoms with Gasteiger partial charge in [0.05, 0.1) is 16.6 Å². The van der Waals surface area contributed by atoms with E-state index in [0.717, 1.165) is 23.7 Å². The molecule has 6 heteroatoms. The zero-order chi connectivity index (χ0) is 14.0. The van der Waals surface area contributed by atoms with Gasteiger partial charge in [0.15, 0.2) is 0 Å². The molecule has 102 valence electrons. The van der Waals surface area contributed by atoms with E-state index in [9.17, 15) is 9.90 Å².